The largest absolute Gasteiger partial charge is 0.492 e. The zero-order valence-electron chi connectivity index (χ0n) is 21.4. The second-order valence-corrected chi connectivity index (χ2v) is 9.41. The van der Waals surface area contributed by atoms with Gasteiger partial charge in [0.1, 0.15) is 35.2 Å². The standard InChI is InChI=1S/C27H26FN9O/c1-15-30-14-23(37(15)4)21-12-19-22(13-31-21)34-35-25(19)27-32-20-5-6-29-24(26(20)33-27)16-9-17(28)11-18(10-16)38-8-7-36(2)3/h5-6,9-14H,7-8H2,1-4H3,(H,32,33)(H,34,35). The van der Waals surface area contributed by atoms with Crippen LogP contribution in [0.15, 0.2) is 48.9 Å². The molecule has 5 aromatic heterocycles. The Kier molecular flexibility index (Phi) is 5.84. The number of fused-ring (bicyclic) bond motifs is 2. The summed E-state index contributed by atoms with van der Waals surface area (Å²) >= 11 is 0. The normalized spacial score (nSPS) is 11.7. The lowest BCUT2D eigenvalue weighted by atomic mass is 10.1. The Morgan fingerprint density at radius 3 is 2.68 bits per heavy atom. The van der Waals surface area contributed by atoms with E-state index in [0.29, 0.717) is 40.6 Å². The molecule has 0 bridgehead atoms. The van der Waals surface area contributed by atoms with Gasteiger partial charge in [-0.05, 0) is 45.3 Å². The fraction of sp³-hybridized carbons (Fsp3) is 0.222. The number of nitrogens with one attached hydrogen (secondary N) is 2. The minimum absolute atomic E-state index is 0.402. The average molecular weight is 512 g/mol. The molecule has 0 unspecified atom stereocenters. The maximum Gasteiger partial charge on any atom is 0.159 e. The Bertz CT molecular complexity index is 1780. The number of benzene rings is 1. The highest BCUT2D eigenvalue weighted by Gasteiger charge is 2.18. The minimum Gasteiger partial charge on any atom is -0.492 e. The van der Waals surface area contributed by atoms with E-state index in [4.69, 9.17) is 9.72 Å². The van der Waals surface area contributed by atoms with E-state index in [1.54, 1.807) is 24.7 Å². The minimum atomic E-state index is -0.402. The molecule has 0 atom stereocenters. The molecular formula is C27H26FN9O. The summed E-state index contributed by atoms with van der Waals surface area (Å²) in [6.45, 7) is 3.11. The third-order valence-corrected chi connectivity index (χ3v) is 6.51. The van der Waals surface area contributed by atoms with Gasteiger partial charge in [-0.2, -0.15) is 5.10 Å². The van der Waals surface area contributed by atoms with Crippen molar-refractivity contribution in [1.82, 2.24) is 44.6 Å². The number of imidazole rings is 2. The lowest BCUT2D eigenvalue weighted by Crippen LogP contribution is -2.19. The molecule has 38 heavy (non-hydrogen) atoms. The van der Waals surface area contributed by atoms with Crippen LogP contribution < -0.4 is 4.74 Å². The van der Waals surface area contributed by atoms with Crippen molar-refractivity contribution < 1.29 is 9.13 Å². The molecule has 10 nitrogen and oxygen atoms in total. The molecule has 0 saturated heterocycles. The van der Waals surface area contributed by atoms with Crippen LogP contribution >= 0.6 is 0 Å². The molecular weight excluding hydrogens is 485 g/mol. The van der Waals surface area contributed by atoms with Crippen molar-refractivity contribution in [1.29, 1.82) is 0 Å². The molecule has 0 spiro atoms. The topological polar surface area (TPSA) is 113 Å². The second-order valence-electron chi connectivity index (χ2n) is 9.41. The molecule has 0 saturated carbocycles. The number of likely N-dealkylation sites (N-methyl/N-ethyl adjacent to an activating group) is 1. The lowest BCUT2D eigenvalue weighted by molar-refractivity contribution is 0.260. The number of rotatable bonds is 7. The molecule has 0 aliphatic heterocycles. The van der Waals surface area contributed by atoms with Gasteiger partial charge in [-0.25, -0.2) is 14.4 Å². The van der Waals surface area contributed by atoms with Gasteiger partial charge in [0.05, 0.1) is 40.5 Å². The smallest absolute Gasteiger partial charge is 0.159 e. The zero-order valence-corrected chi connectivity index (χ0v) is 21.4. The highest BCUT2D eigenvalue weighted by atomic mass is 19.1. The molecule has 0 amide bonds. The van der Waals surface area contributed by atoms with E-state index in [2.05, 4.69) is 30.1 Å². The van der Waals surface area contributed by atoms with E-state index < -0.39 is 5.82 Å². The Hall–Kier alpha value is -4.64. The monoisotopic (exact) mass is 511 g/mol. The van der Waals surface area contributed by atoms with Crippen molar-refractivity contribution in [3.8, 4) is 39.9 Å². The molecule has 0 aliphatic rings. The van der Waals surface area contributed by atoms with Crippen molar-refractivity contribution in [3.05, 3.63) is 60.6 Å². The lowest BCUT2D eigenvalue weighted by Gasteiger charge is -2.12. The van der Waals surface area contributed by atoms with Crippen molar-refractivity contribution >= 4 is 21.9 Å². The van der Waals surface area contributed by atoms with Crippen LogP contribution in [0.4, 0.5) is 4.39 Å². The van der Waals surface area contributed by atoms with E-state index in [1.807, 2.05) is 49.7 Å². The molecule has 6 rings (SSSR count). The summed E-state index contributed by atoms with van der Waals surface area (Å²) in [4.78, 5) is 23.7. The summed E-state index contributed by atoms with van der Waals surface area (Å²) in [5.74, 6) is 1.51. The first-order chi connectivity index (χ1) is 18.4. The molecule has 192 valence electrons. The van der Waals surface area contributed by atoms with Gasteiger partial charge < -0.3 is 19.2 Å². The molecule has 6 aromatic rings. The summed E-state index contributed by atoms with van der Waals surface area (Å²) in [6, 6.07) is 8.41. The number of pyridine rings is 2. The summed E-state index contributed by atoms with van der Waals surface area (Å²) in [5.41, 5.74) is 5.62. The fourth-order valence-corrected chi connectivity index (χ4v) is 4.36. The first-order valence-corrected chi connectivity index (χ1v) is 12.1. The Balaban J connectivity index is 1.41. The Morgan fingerprint density at radius 1 is 1.03 bits per heavy atom. The molecule has 0 fully saturated rings. The maximum atomic E-state index is 14.5. The summed E-state index contributed by atoms with van der Waals surface area (Å²) in [7, 11) is 5.87. The number of aromatic amines is 2. The van der Waals surface area contributed by atoms with Crippen LogP contribution in [0.3, 0.4) is 0 Å². The average Bonchev–Trinajstić information content (AvgIpc) is 3.59. The fourth-order valence-electron chi connectivity index (χ4n) is 4.36. The van der Waals surface area contributed by atoms with Crippen molar-refractivity contribution in [2.45, 2.75) is 6.92 Å². The van der Waals surface area contributed by atoms with E-state index in [9.17, 15) is 4.39 Å². The van der Waals surface area contributed by atoms with E-state index in [1.165, 1.54) is 12.1 Å². The van der Waals surface area contributed by atoms with Crippen LogP contribution in [0, 0.1) is 12.7 Å². The van der Waals surface area contributed by atoms with Crippen molar-refractivity contribution in [2.75, 3.05) is 27.2 Å². The van der Waals surface area contributed by atoms with Gasteiger partial charge in [-0.3, -0.25) is 15.1 Å². The third kappa shape index (κ3) is 4.26. The van der Waals surface area contributed by atoms with E-state index >= 15 is 0 Å². The number of hydrogen-bond donors (Lipinski definition) is 2. The second kappa shape index (κ2) is 9.34. The van der Waals surface area contributed by atoms with Crippen molar-refractivity contribution in [2.24, 2.45) is 7.05 Å². The van der Waals surface area contributed by atoms with Crippen LogP contribution in [0.2, 0.25) is 0 Å². The molecule has 0 radical (unpaired) electrons. The predicted molar refractivity (Wildman–Crippen MR) is 143 cm³/mol. The summed E-state index contributed by atoms with van der Waals surface area (Å²) in [6.07, 6.45) is 5.23. The van der Waals surface area contributed by atoms with E-state index in [0.717, 1.165) is 40.2 Å². The third-order valence-electron chi connectivity index (χ3n) is 6.51. The molecule has 11 heteroatoms. The van der Waals surface area contributed by atoms with Gasteiger partial charge in [0, 0.05) is 36.8 Å². The molecule has 5 heterocycles. The SMILES string of the molecule is Cc1ncc(-c2cc3c(-c4nc5c(-c6cc(F)cc(OCCN(C)C)c6)nccc5[nH]4)n[nH]c3cn2)n1C. The van der Waals surface area contributed by atoms with Gasteiger partial charge in [-0.15, -0.1) is 0 Å². The van der Waals surface area contributed by atoms with Crippen LogP contribution in [-0.2, 0) is 7.05 Å². The first-order valence-electron chi connectivity index (χ1n) is 12.1. The van der Waals surface area contributed by atoms with Gasteiger partial charge in [0.15, 0.2) is 5.82 Å². The quantitative estimate of drug-likeness (QED) is 0.328. The number of aryl methyl sites for hydroxylation is 1. The molecule has 0 aliphatic carbocycles. The molecule has 2 N–H and O–H groups in total. The Labute approximate surface area is 217 Å². The summed E-state index contributed by atoms with van der Waals surface area (Å²) < 4.78 is 22.3. The Morgan fingerprint density at radius 2 is 1.89 bits per heavy atom. The highest BCUT2D eigenvalue weighted by molar-refractivity contribution is 5.96. The van der Waals surface area contributed by atoms with Gasteiger partial charge in [0.2, 0.25) is 0 Å². The van der Waals surface area contributed by atoms with Crippen molar-refractivity contribution in [3.63, 3.8) is 0 Å². The zero-order chi connectivity index (χ0) is 26.4. The number of ether oxygens (including phenoxy) is 1. The number of halogens is 1. The number of aromatic nitrogens is 8. The number of nitrogens with zero attached hydrogens (tertiary/aromatic N) is 7. The predicted octanol–water partition coefficient (Wildman–Crippen LogP) is 4.35. The first kappa shape index (κ1) is 23.7. The number of hydrogen-bond acceptors (Lipinski definition) is 7. The highest BCUT2D eigenvalue weighted by Crippen LogP contribution is 2.33. The van der Waals surface area contributed by atoms with Gasteiger partial charge >= 0.3 is 0 Å². The van der Waals surface area contributed by atoms with Gasteiger partial charge in [-0.1, -0.05) is 0 Å². The number of H-pyrrole nitrogens is 2. The van der Waals surface area contributed by atoms with Crippen LogP contribution in [0.25, 0.3) is 56.1 Å². The van der Waals surface area contributed by atoms with Crippen LogP contribution in [-0.4, -0.2) is 71.8 Å². The molecule has 1 aromatic carbocycles. The van der Waals surface area contributed by atoms with Gasteiger partial charge in [0.25, 0.3) is 0 Å². The van der Waals surface area contributed by atoms with Crippen LogP contribution in [0.1, 0.15) is 5.82 Å². The summed E-state index contributed by atoms with van der Waals surface area (Å²) in [5, 5.41) is 8.42. The maximum absolute atomic E-state index is 14.5. The van der Waals surface area contributed by atoms with Crippen LogP contribution in [0.5, 0.6) is 5.75 Å². The van der Waals surface area contributed by atoms with E-state index in [-0.39, 0.29) is 0 Å².